The number of fused-ring (bicyclic) bond motifs is 8. The number of benzene rings is 12. The average Bonchev–Trinajstić information content (AvgIpc) is 3.26. The van der Waals surface area contributed by atoms with Gasteiger partial charge in [0, 0.05) is 0 Å². The molecule has 0 atom stereocenters. The summed E-state index contributed by atoms with van der Waals surface area (Å²) in [5.74, 6) is 0. The molecule has 0 heteroatoms. The van der Waals surface area contributed by atoms with Crippen LogP contribution in [0.4, 0.5) is 0 Å². The van der Waals surface area contributed by atoms with E-state index >= 15 is 0 Å². The first-order chi connectivity index (χ1) is 27.8. The summed E-state index contributed by atoms with van der Waals surface area (Å²) >= 11 is 0. The van der Waals surface area contributed by atoms with Crippen molar-refractivity contribution in [2.75, 3.05) is 0 Å². The second-order valence-corrected chi connectivity index (χ2v) is 15.5. The van der Waals surface area contributed by atoms with E-state index in [0.717, 1.165) is 0 Å². The number of hydrogen-bond donors (Lipinski definition) is 0. The summed E-state index contributed by atoms with van der Waals surface area (Å²) in [6, 6.07) is 73.5. The summed E-state index contributed by atoms with van der Waals surface area (Å²) in [5.41, 5.74) is 0. The van der Waals surface area contributed by atoms with Crippen molar-refractivity contribution >= 4 is 129 Å². The van der Waals surface area contributed by atoms with Gasteiger partial charge in [0.2, 0.25) is 0 Å². The van der Waals surface area contributed by atoms with Gasteiger partial charge < -0.3 is 0 Å². The van der Waals surface area contributed by atoms with Crippen molar-refractivity contribution < 1.29 is 0 Å². The second-order valence-electron chi connectivity index (χ2n) is 15.5. The Kier molecular flexibility index (Phi) is 5.98. The molecule has 0 saturated carbocycles. The Bertz CT molecular complexity index is 3660. The van der Waals surface area contributed by atoms with Gasteiger partial charge in [-0.05, 0) is 154 Å². The molecule has 13 aromatic rings. The summed E-state index contributed by atoms with van der Waals surface area (Å²) in [7, 11) is 0. The van der Waals surface area contributed by atoms with E-state index in [0.29, 0.717) is 0 Å². The standard InChI is InChI=1S/C56H32/c1-3-15-35-33(13-1)29-49-41-21-9-11-23-43(41)51-31-53(49)55(35)47-27-25-45(37-17-5-7-19-39(37)47)52-32-54-50(42-22-10-12-24-44(42)52)30-34-14-2-4-16-36(34)56(54)48-28-26-46(51)38-18-6-8-20-40(38)48/h1-32H. The molecule has 56 heavy (non-hydrogen) atoms. The second kappa shape index (κ2) is 11.1. The summed E-state index contributed by atoms with van der Waals surface area (Å²) in [6.45, 7) is 0. The minimum atomic E-state index is 1.25. The molecule has 0 aliphatic heterocycles. The van der Waals surface area contributed by atoms with E-state index in [1.54, 1.807) is 0 Å². The molecule has 0 N–H and O–H groups in total. The van der Waals surface area contributed by atoms with Crippen LogP contribution in [-0.4, -0.2) is 0 Å². The lowest BCUT2D eigenvalue weighted by Crippen LogP contribution is -1.88. The third-order valence-electron chi connectivity index (χ3n) is 12.7. The zero-order valence-electron chi connectivity index (χ0n) is 30.5. The summed E-state index contributed by atoms with van der Waals surface area (Å²) in [6.07, 6.45) is 0. The van der Waals surface area contributed by atoms with Gasteiger partial charge in [0.1, 0.15) is 0 Å². The van der Waals surface area contributed by atoms with E-state index in [2.05, 4.69) is 194 Å². The lowest BCUT2D eigenvalue weighted by molar-refractivity contribution is 1.79. The summed E-state index contributed by atoms with van der Waals surface area (Å²) in [5, 5.41) is 30.5. The van der Waals surface area contributed by atoms with Crippen molar-refractivity contribution in [2.45, 2.75) is 0 Å². The van der Waals surface area contributed by atoms with Gasteiger partial charge in [-0.15, -0.1) is 0 Å². The van der Waals surface area contributed by atoms with Gasteiger partial charge in [0.25, 0.3) is 0 Å². The quantitative estimate of drug-likeness (QED) is 0.109. The van der Waals surface area contributed by atoms with Crippen molar-refractivity contribution in [3.8, 4) is 0 Å². The average molecular weight is 705 g/mol. The minimum absolute atomic E-state index is 1.25. The van der Waals surface area contributed by atoms with Gasteiger partial charge >= 0.3 is 0 Å². The molecule has 0 amide bonds. The van der Waals surface area contributed by atoms with Crippen LogP contribution in [0.1, 0.15) is 0 Å². The highest BCUT2D eigenvalue weighted by atomic mass is 14.2. The first-order valence-corrected chi connectivity index (χ1v) is 19.6. The molecule has 0 aromatic heterocycles. The highest BCUT2D eigenvalue weighted by molar-refractivity contribution is 6.37. The summed E-state index contributed by atoms with van der Waals surface area (Å²) < 4.78 is 0. The van der Waals surface area contributed by atoms with Crippen LogP contribution < -0.4 is 0 Å². The first kappa shape index (κ1) is 30.1. The minimum Gasteiger partial charge on any atom is -0.0616 e. The molecule has 13 rings (SSSR count). The molecule has 0 fully saturated rings. The molecule has 256 valence electrons. The molecular weight excluding hydrogens is 673 g/mol. The van der Waals surface area contributed by atoms with Crippen LogP contribution in [0.15, 0.2) is 194 Å². The van der Waals surface area contributed by atoms with Gasteiger partial charge in [-0.3, -0.25) is 0 Å². The van der Waals surface area contributed by atoms with Gasteiger partial charge in [-0.1, -0.05) is 170 Å². The predicted molar refractivity (Wildman–Crippen MR) is 245 cm³/mol. The number of hydrogen-bond acceptors (Lipinski definition) is 0. The van der Waals surface area contributed by atoms with Gasteiger partial charge in [-0.25, -0.2) is 0 Å². The molecule has 12 bridgehead atoms. The molecule has 0 unspecified atom stereocenters. The Balaban J connectivity index is 1.45. The zero-order chi connectivity index (χ0) is 36.5. The molecule has 0 aliphatic carbocycles. The fourth-order valence-electron chi connectivity index (χ4n) is 10.4. The van der Waals surface area contributed by atoms with E-state index in [-0.39, 0.29) is 0 Å². The lowest BCUT2D eigenvalue weighted by Gasteiger charge is -2.16. The number of rotatable bonds is 0. The van der Waals surface area contributed by atoms with Gasteiger partial charge in [-0.2, -0.15) is 0 Å². The van der Waals surface area contributed by atoms with Crippen LogP contribution in [-0.2, 0) is 0 Å². The van der Waals surface area contributed by atoms with Crippen LogP contribution in [0.3, 0.4) is 0 Å². The Hall–Kier alpha value is -7.28. The Morgan fingerprint density at radius 3 is 0.732 bits per heavy atom. The predicted octanol–water partition coefficient (Wildman–Crippen LogP) is 16.1. The summed E-state index contributed by atoms with van der Waals surface area (Å²) in [4.78, 5) is 0. The smallest absolute Gasteiger partial charge is 0.00201 e. The molecule has 0 radical (unpaired) electrons. The highest BCUT2D eigenvalue weighted by Crippen LogP contribution is 2.45. The first-order valence-electron chi connectivity index (χ1n) is 19.6. The van der Waals surface area contributed by atoms with E-state index < -0.39 is 0 Å². The van der Waals surface area contributed by atoms with Crippen molar-refractivity contribution in [2.24, 2.45) is 0 Å². The Labute approximate surface area is 322 Å². The van der Waals surface area contributed by atoms with Crippen molar-refractivity contribution in [1.29, 1.82) is 0 Å². The van der Waals surface area contributed by atoms with E-state index in [4.69, 9.17) is 0 Å². The van der Waals surface area contributed by atoms with Crippen molar-refractivity contribution in [1.82, 2.24) is 0 Å². The topological polar surface area (TPSA) is 0 Å². The Morgan fingerprint density at radius 1 is 0.143 bits per heavy atom. The fraction of sp³-hybridized carbons (Fsp3) is 0. The molecule has 0 aliphatic rings. The monoisotopic (exact) mass is 704 g/mol. The largest absolute Gasteiger partial charge is 0.0616 e. The third kappa shape index (κ3) is 3.98. The van der Waals surface area contributed by atoms with Crippen LogP contribution in [0, 0.1) is 0 Å². The maximum absolute atomic E-state index is 2.50. The molecular formula is C56H32. The van der Waals surface area contributed by atoms with Crippen molar-refractivity contribution in [3.05, 3.63) is 194 Å². The van der Waals surface area contributed by atoms with Crippen LogP contribution >= 0.6 is 0 Å². The van der Waals surface area contributed by atoms with Gasteiger partial charge in [0.05, 0.1) is 0 Å². The fourth-order valence-corrected chi connectivity index (χ4v) is 10.4. The zero-order valence-corrected chi connectivity index (χ0v) is 30.5. The van der Waals surface area contributed by atoms with Crippen LogP contribution in [0.25, 0.3) is 129 Å². The van der Waals surface area contributed by atoms with E-state index in [1.165, 1.54) is 129 Å². The van der Waals surface area contributed by atoms with Crippen LogP contribution in [0.5, 0.6) is 0 Å². The SMILES string of the molecule is c1ccc2c(c1)cc1c3ccccc3c3cc1c2c1ccc(c2cc4c(cc5ccccc5c4c4ccc3c3ccccc34)c3ccccc23)c2ccccc21. The van der Waals surface area contributed by atoms with Gasteiger partial charge in [0.15, 0.2) is 0 Å². The molecule has 13 aromatic carbocycles. The van der Waals surface area contributed by atoms with Crippen LogP contribution in [0.2, 0.25) is 0 Å². The van der Waals surface area contributed by atoms with E-state index in [1.807, 2.05) is 0 Å². The van der Waals surface area contributed by atoms with Crippen molar-refractivity contribution in [3.63, 3.8) is 0 Å². The lowest BCUT2D eigenvalue weighted by atomic mass is 9.87. The molecule has 0 spiro atoms. The third-order valence-corrected chi connectivity index (χ3v) is 12.7. The van der Waals surface area contributed by atoms with E-state index in [9.17, 15) is 0 Å². The maximum atomic E-state index is 2.50. The molecule has 0 saturated heterocycles. The molecule has 0 nitrogen and oxygen atoms in total. The molecule has 0 heterocycles. The Morgan fingerprint density at radius 2 is 0.375 bits per heavy atom. The maximum Gasteiger partial charge on any atom is -0.00201 e. The highest BCUT2D eigenvalue weighted by Gasteiger charge is 2.17. The normalized spacial score (nSPS) is 12.3.